The van der Waals surface area contributed by atoms with Gasteiger partial charge in [-0.05, 0) is 19.3 Å². The van der Waals surface area contributed by atoms with Crippen LogP contribution in [-0.2, 0) is 4.74 Å². The highest BCUT2D eigenvalue weighted by Crippen LogP contribution is 2.22. The minimum absolute atomic E-state index is 0.405. The number of rotatable bonds is 1. The van der Waals surface area contributed by atoms with Gasteiger partial charge in [0.25, 0.3) is 0 Å². The minimum Gasteiger partial charge on any atom is -0.390 e. The lowest BCUT2D eigenvalue weighted by Gasteiger charge is -2.30. The highest BCUT2D eigenvalue weighted by Gasteiger charge is 2.26. The maximum Gasteiger partial charge on any atom is 0.0689 e. The zero-order valence-electron chi connectivity index (χ0n) is 5.89. The molecule has 0 aliphatic carbocycles. The molecule has 0 aromatic heterocycles. The maximum absolute atomic E-state index is 9.60. The molecule has 0 bridgehead atoms. The van der Waals surface area contributed by atoms with E-state index in [2.05, 4.69) is 0 Å². The van der Waals surface area contributed by atoms with Crippen LogP contribution < -0.4 is 0 Å². The second-order valence-corrected chi connectivity index (χ2v) is 2.69. The van der Waals surface area contributed by atoms with Gasteiger partial charge in [0.05, 0.1) is 5.60 Å². The van der Waals surface area contributed by atoms with Gasteiger partial charge in [-0.25, -0.2) is 0 Å². The topological polar surface area (TPSA) is 29.5 Å². The fourth-order valence-electron chi connectivity index (χ4n) is 1.10. The normalized spacial score (nSPS) is 26.0. The molecule has 0 radical (unpaired) electrons. The van der Waals surface area contributed by atoms with Gasteiger partial charge in [-0.3, -0.25) is 0 Å². The SMILES string of the molecule is CCC1(O)CCOCC1. The Morgan fingerprint density at radius 3 is 2.33 bits per heavy atom. The van der Waals surface area contributed by atoms with Gasteiger partial charge in [-0.15, -0.1) is 0 Å². The van der Waals surface area contributed by atoms with Crippen molar-refractivity contribution in [2.75, 3.05) is 13.2 Å². The van der Waals surface area contributed by atoms with Gasteiger partial charge in [0.15, 0.2) is 0 Å². The molecular formula is C7H14O2. The summed E-state index contributed by atoms with van der Waals surface area (Å²) in [7, 11) is 0. The summed E-state index contributed by atoms with van der Waals surface area (Å²) in [6.45, 7) is 3.47. The second kappa shape index (κ2) is 2.67. The lowest BCUT2D eigenvalue weighted by molar-refractivity contribution is -0.0650. The van der Waals surface area contributed by atoms with Crippen LogP contribution in [-0.4, -0.2) is 23.9 Å². The molecule has 0 aromatic rings. The molecule has 0 saturated carbocycles. The fraction of sp³-hybridized carbons (Fsp3) is 1.00. The van der Waals surface area contributed by atoms with Gasteiger partial charge in [-0.1, -0.05) is 6.92 Å². The Bertz CT molecular complexity index is 84.9. The molecule has 0 spiro atoms. The number of aliphatic hydroxyl groups is 1. The van der Waals surface area contributed by atoms with E-state index < -0.39 is 5.60 Å². The van der Waals surface area contributed by atoms with Crippen molar-refractivity contribution in [2.45, 2.75) is 31.8 Å². The molecule has 2 heteroatoms. The Balaban J connectivity index is 2.37. The van der Waals surface area contributed by atoms with Gasteiger partial charge in [-0.2, -0.15) is 0 Å². The van der Waals surface area contributed by atoms with E-state index >= 15 is 0 Å². The quantitative estimate of drug-likeness (QED) is 0.572. The van der Waals surface area contributed by atoms with Crippen LogP contribution >= 0.6 is 0 Å². The zero-order valence-corrected chi connectivity index (χ0v) is 5.89. The highest BCUT2D eigenvalue weighted by molar-refractivity contribution is 4.78. The lowest BCUT2D eigenvalue weighted by atomic mass is 9.92. The first-order valence-corrected chi connectivity index (χ1v) is 3.57. The molecule has 0 amide bonds. The third-order valence-electron chi connectivity index (χ3n) is 2.08. The van der Waals surface area contributed by atoms with Gasteiger partial charge >= 0.3 is 0 Å². The van der Waals surface area contributed by atoms with Crippen LogP contribution in [0, 0.1) is 0 Å². The lowest BCUT2D eigenvalue weighted by Crippen LogP contribution is -2.35. The molecule has 0 aromatic carbocycles. The highest BCUT2D eigenvalue weighted by atomic mass is 16.5. The van der Waals surface area contributed by atoms with Gasteiger partial charge in [0.1, 0.15) is 0 Å². The van der Waals surface area contributed by atoms with E-state index in [0.717, 1.165) is 32.5 Å². The summed E-state index contributed by atoms with van der Waals surface area (Å²) in [5.74, 6) is 0. The van der Waals surface area contributed by atoms with Crippen molar-refractivity contribution in [1.29, 1.82) is 0 Å². The smallest absolute Gasteiger partial charge is 0.0689 e. The van der Waals surface area contributed by atoms with Crippen molar-refractivity contribution in [2.24, 2.45) is 0 Å². The molecule has 1 aliphatic rings. The molecule has 0 atom stereocenters. The summed E-state index contributed by atoms with van der Waals surface area (Å²) in [4.78, 5) is 0. The summed E-state index contributed by atoms with van der Waals surface area (Å²) in [6, 6.07) is 0. The largest absolute Gasteiger partial charge is 0.390 e. The molecular weight excluding hydrogens is 116 g/mol. The fourth-order valence-corrected chi connectivity index (χ4v) is 1.10. The first-order chi connectivity index (χ1) is 4.27. The molecule has 1 saturated heterocycles. The van der Waals surface area contributed by atoms with E-state index in [-0.39, 0.29) is 0 Å². The summed E-state index contributed by atoms with van der Waals surface area (Å²) in [5.41, 5.74) is -0.405. The minimum atomic E-state index is -0.405. The van der Waals surface area contributed by atoms with E-state index in [1.54, 1.807) is 0 Å². The Labute approximate surface area is 55.8 Å². The van der Waals surface area contributed by atoms with Crippen molar-refractivity contribution in [1.82, 2.24) is 0 Å². The monoisotopic (exact) mass is 130 g/mol. The van der Waals surface area contributed by atoms with Crippen LogP contribution in [0.15, 0.2) is 0 Å². The first kappa shape index (κ1) is 7.03. The van der Waals surface area contributed by atoms with Gasteiger partial charge < -0.3 is 9.84 Å². The third-order valence-corrected chi connectivity index (χ3v) is 2.08. The summed E-state index contributed by atoms with van der Waals surface area (Å²) >= 11 is 0. The molecule has 9 heavy (non-hydrogen) atoms. The van der Waals surface area contributed by atoms with Crippen molar-refractivity contribution >= 4 is 0 Å². The second-order valence-electron chi connectivity index (χ2n) is 2.69. The van der Waals surface area contributed by atoms with E-state index in [1.807, 2.05) is 6.92 Å². The van der Waals surface area contributed by atoms with Gasteiger partial charge in [0, 0.05) is 13.2 Å². The first-order valence-electron chi connectivity index (χ1n) is 3.57. The van der Waals surface area contributed by atoms with E-state index in [9.17, 15) is 5.11 Å². The van der Waals surface area contributed by atoms with Crippen LogP contribution in [0.1, 0.15) is 26.2 Å². The number of ether oxygens (including phenoxy) is 1. The third kappa shape index (κ3) is 1.66. The molecule has 54 valence electrons. The average Bonchev–Trinajstić information content (AvgIpc) is 1.90. The van der Waals surface area contributed by atoms with Crippen molar-refractivity contribution < 1.29 is 9.84 Å². The van der Waals surface area contributed by atoms with Crippen LogP contribution in [0.25, 0.3) is 0 Å². The Morgan fingerprint density at radius 2 is 2.00 bits per heavy atom. The summed E-state index contributed by atoms with van der Waals surface area (Å²) in [6.07, 6.45) is 2.48. The van der Waals surface area contributed by atoms with E-state index in [1.165, 1.54) is 0 Å². The van der Waals surface area contributed by atoms with Crippen molar-refractivity contribution in [3.05, 3.63) is 0 Å². The predicted molar refractivity (Wildman–Crippen MR) is 35.3 cm³/mol. The van der Waals surface area contributed by atoms with E-state index in [4.69, 9.17) is 4.74 Å². The molecule has 0 unspecified atom stereocenters. The van der Waals surface area contributed by atoms with Crippen LogP contribution in [0.5, 0.6) is 0 Å². The van der Waals surface area contributed by atoms with Crippen LogP contribution in [0.2, 0.25) is 0 Å². The standard InChI is InChI=1S/C7H14O2/c1-2-7(8)3-5-9-6-4-7/h8H,2-6H2,1H3. The van der Waals surface area contributed by atoms with Crippen LogP contribution in [0.4, 0.5) is 0 Å². The molecule has 1 fully saturated rings. The van der Waals surface area contributed by atoms with Crippen molar-refractivity contribution in [3.63, 3.8) is 0 Å². The zero-order chi connectivity index (χ0) is 6.74. The predicted octanol–water partition coefficient (Wildman–Crippen LogP) is 0.938. The maximum atomic E-state index is 9.60. The molecule has 2 nitrogen and oxygen atoms in total. The number of hydrogen-bond acceptors (Lipinski definition) is 2. The summed E-state index contributed by atoms with van der Waals surface area (Å²) in [5, 5.41) is 9.60. The Morgan fingerprint density at radius 1 is 1.44 bits per heavy atom. The van der Waals surface area contributed by atoms with E-state index in [0.29, 0.717) is 0 Å². The van der Waals surface area contributed by atoms with Crippen molar-refractivity contribution in [3.8, 4) is 0 Å². The van der Waals surface area contributed by atoms with Gasteiger partial charge in [0.2, 0.25) is 0 Å². The molecule has 1 rings (SSSR count). The molecule has 1 heterocycles. The Kier molecular flexibility index (Phi) is 2.09. The average molecular weight is 130 g/mol. The number of hydrogen-bond donors (Lipinski definition) is 1. The molecule has 1 aliphatic heterocycles. The molecule has 1 N–H and O–H groups in total. The summed E-state index contributed by atoms with van der Waals surface area (Å²) < 4.78 is 5.11. The van der Waals surface area contributed by atoms with Crippen LogP contribution in [0.3, 0.4) is 0 Å². The Hall–Kier alpha value is -0.0800.